The second-order valence-corrected chi connectivity index (χ2v) is 5.95. The van der Waals surface area contributed by atoms with Crippen LogP contribution < -0.4 is 10.2 Å². The van der Waals surface area contributed by atoms with Crippen molar-refractivity contribution in [3.8, 4) is 0 Å². The number of aromatic nitrogens is 1. The molecule has 3 nitrogen and oxygen atoms in total. The summed E-state index contributed by atoms with van der Waals surface area (Å²) >= 11 is 6.22. The molecule has 1 N–H and O–H groups in total. The lowest BCUT2D eigenvalue weighted by Gasteiger charge is -2.44. The second kappa shape index (κ2) is 5.06. The van der Waals surface area contributed by atoms with Gasteiger partial charge in [-0.05, 0) is 56.3 Å². The first kappa shape index (κ1) is 12.2. The Morgan fingerprint density at radius 3 is 2.56 bits per heavy atom. The SMILES string of the molecule is Clc1cccnc1N1CCC2(CCNCC2)CC1. The molecule has 0 amide bonds. The molecule has 2 aliphatic heterocycles. The van der Waals surface area contributed by atoms with Gasteiger partial charge in [0.05, 0.1) is 5.02 Å². The van der Waals surface area contributed by atoms with Gasteiger partial charge in [-0.1, -0.05) is 11.6 Å². The summed E-state index contributed by atoms with van der Waals surface area (Å²) in [7, 11) is 0. The minimum Gasteiger partial charge on any atom is -0.355 e. The number of halogens is 1. The molecule has 1 spiro atoms. The average molecular weight is 266 g/mol. The van der Waals surface area contributed by atoms with Crippen LogP contribution in [0.4, 0.5) is 5.82 Å². The van der Waals surface area contributed by atoms with Crippen molar-refractivity contribution in [2.75, 3.05) is 31.1 Å². The third-order valence-electron chi connectivity index (χ3n) is 4.53. The summed E-state index contributed by atoms with van der Waals surface area (Å²) in [4.78, 5) is 6.76. The number of pyridine rings is 1. The number of rotatable bonds is 1. The van der Waals surface area contributed by atoms with Crippen molar-refractivity contribution in [2.24, 2.45) is 5.41 Å². The zero-order valence-electron chi connectivity index (χ0n) is 10.7. The van der Waals surface area contributed by atoms with Crippen molar-refractivity contribution >= 4 is 17.4 Å². The summed E-state index contributed by atoms with van der Waals surface area (Å²) in [6.07, 6.45) is 7.05. The fraction of sp³-hybridized carbons (Fsp3) is 0.643. The van der Waals surface area contributed by atoms with E-state index in [1.165, 1.54) is 38.8 Å². The molecule has 0 atom stereocenters. The van der Waals surface area contributed by atoms with Gasteiger partial charge in [-0.2, -0.15) is 0 Å². The Morgan fingerprint density at radius 1 is 1.17 bits per heavy atom. The predicted molar refractivity (Wildman–Crippen MR) is 75.2 cm³/mol. The minimum atomic E-state index is 0.586. The molecule has 0 unspecified atom stereocenters. The Kier molecular flexibility index (Phi) is 3.44. The Hall–Kier alpha value is -0.800. The van der Waals surface area contributed by atoms with Crippen molar-refractivity contribution in [1.82, 2.24) is 10.3 Å². The van der Waals surface area contributed by atoms with Gasteiger partial charge >= 0.3 is 0 Å². The number of nitrogens with zero attached hydrogens (tertiary/aromatic N) is 2. The van der Waals surface area contributed by atoms with Crippen LogP contribution in [0.5, 0.6) is 0 Å². The Labute approximate surface area is 114 Å². The van der Waals surface area contributed by atoms with Gasteiger partial charge in [0.1, 0.15) is 5.82 Å². The van der Waals surface area contributed by atoms with Gasteiger partial charge in [0, 0.05) is 19.3 Å². The highest BCUT2D eigenvalue weighted by molar-refractivity contribution is 6.32. The molecular weight excluding hydrogens is 246 g/mol. The summed E-state index contributed by atoms with van der Waals surface area (Å²) in [6.45, 7) is 4.56. The molecule has 2 aliphatic rings. The molecular formula is C14H20ClN3. The van der Waals surface area contributed by atoms with Crippen LogP contribution in [0.1, 0.15) is 25.7 Å². The van der Waals surface area contributed by atoms with Crippen LogP contribution in [0.25, 0.3) is 0 Å². The molecule has 98 valence electrons. The third-order valence-corrected chi connectivity index (χ3v) is 4.82. The topological polar surface area (TPSA) is 28.2 Å². The van der Waals surface area contributed by atoms with Crippen LogP contribution in [0.2, 0.25) is 5.02 Å². The molecule has 2 saturated heterocycles. The minimum absolute atomic E-state index is 0.586. The van der Waals surface area contributed by atoms with Crippen molar-refractivity contribution in [1.29, 1.82) is 0 Å². The molecule has 0 saturated carbocycles. The molecule has 0 aromatic carbocycles. The molecule has 0 aliphatic carbocycles. The molecule has 18 heavy (non-hydrogen) atoms. The van der Waals surface area contributed by atoms with Gasteiger partial charge in [0.15, 0.2) is 0 Å². The lowest BCUT2D eigenvalue weighted by atomic mass is 9.71. The lowest BCUT2D eigenvalue weighted by molar-refractivity contribution is 0.154. The second-order valence-electron chi connectivity index (χ2n) is 5.55. The average Bonchev–Trinajstić information content (AvgIpc) is 2.42. The fourth-order valence-corrected chi connectivity index (χ4v) is 3.50. The summed E-state index contributed by atoms with van der Waals surface area (Å²) in [5.74, 6) is 0.961. The normalized spacial score (nSPS) is 23.3. The maximum Gasteiger partial charge on any atom is 0.147 e. The van der Waals surface area contributed by atoms with Crippen LogP contribution in [-0.4, -0.2) is 31.2 Å². The van der Waals surface area contributed by atoms with Gasteiger partial charge in [0.25, 0.3) is 0 Å². The van der Waals surface area contributed by atoms with E-state index in [2.05, 4.69) is 15.2 Å². The maximum absolute atomic E-state index is 6.22. The number of piperidine rings is 2. The summed E-state index contributed by atoms with van der Waals surface area (Å²) in [5, 5.41) is 4.24. The maximum atomic E-state index is 6.22. The van der Waals surface area contributed by atoms with Crippen LogP contribution in [-0.2, 0) is 0 Å². The summed E-state index contributed by atoms with van der Waals surface area (Å²) < 4.78 is 0. The van der Waals surface area contributed by atoms with E-state index in [0.717, 1.165) is 23.9 Å². The predicted octanol–water partition coefficient (Wildman–Crippen LogP) is 2.71. The van der Waals surface area contributed by atoms with E-state index < -0.39 is 0 Å². The van der Waals surface area contributed by atoms with E-state index in [0.29, 0.717) is 5.41 Å². The van der Waals surface area contributed by atoms with Crippen molar-refractivity contribution in [3.63, 3.8) is 0 Å². The van der Waals surface area contributed by atoms with E-state index >= 15 is 0 Å². The highest BCUT2D eigenvalue weighted by Gasteiger charge is 2.36. The highest BCUT2D eigenvalue weighted by Crippen LogP contribution is 2.40. The zero-order chi connectivity index (χ0) is 12.4. The standard InChI is InChI=1S/C14H20ClN3/c15-12-2-1-7-17-13(12)18-10-5-14(6-11-18)3-8-16-9-4-14/h1-2,7,16H,3-6,8-11H2. The first-order chi connectivity index (χ1) is 8.79. The highest BCUT2D eigenvalue weighted by atomic mass is 35.5. The molecule has 1 aromatic rings. The number of anilines is 1. The molecule has 2 fully saturated rings. The van der Waals surface area contributed by atoms with Gasteiger partial charge in [-0.15, -0.1) is 0 Å². The monoisotopic (exact) mass is 265 g/mol. The van der Waals surface area contributed by atoms with E-state index in [9.17, 15) is 0 Å². The largest absolute Gasteiger partial charge is 0.355 e. The van der Waals surface area contributed by atoms with E-state index in [-0.39, 0.29) is 0 Å². The zero-order valence-corrected chi connectivity index (χ0v) is 11.4. The molecule has 3 rings (SSSR count). The van der Waals surface area contributed by atoms with Crippen LogP contribution in [0, 0.1) is 5.41 Å². The van der Waals surface area contributed by atoms with Crippen LogP contribution in [0.15, 0.2) is 18.3 Å². The quantitative estimate of drug-likeness (QED) is 0.846. The summed E-state index contributed by atoms with van der Waals surface area (Å²) in [6, 6.07) is 3.82. The van der Waals surface area contributed by atoms with Gasteiger partial charge < -0.3 is 10.2 Å². The first-order valence-corrected chi connectivity index (χ1v) is 7.23. The van der Waals surface area contributed by atoms with E-state index in [1.807, 2.05) is 18.3 Å². The Morgan fingerprint density at radius 2 is 1.89 bits per heavy atom. The van der Waals surface area contributed by atoms with Gasteiger partial charge in [-0.25, -0.2) is 4.98 Å². The molecule has 4 heteroatoms. The fourth-order valence-electron chi connectivity index (χ4n) is 3.26. The van der Waals surface area contributed by atoms with E-state index in [4.69, 9.17) is 11.6 Å². The first-order valence-electron chi connectivity index (χ1n) is 6.85. The summed E-state index contributed by atoms with van der Waals surface area (Å²) in [5.41, 5.74) is 0.586. The van der Waals surface area contributed by atoms with Crippen molar-refractivity contribution in [3.05, 3.63) is 23.4 Å². The van der Waals surface area contributed by atoms with E-state index in [1.54, 1.807) is 0 Å². The number of hydrogen-bond acceptors (Lipinski definition) is 3. The molecule has 1 aromatic heterocycles. The van der Waals surface area contributed by atoms with Crippen molar-refractivity contribution in [2.45, 2.75) is 25.7 Å². The van der Waals surface area contributed by atoms with Gasteiger partial charge in [0.2, 0.25) is 0 Å². The van der Waals surface area contributed by atoms with Gasteiger partial charge in [-0.3, -0.25) is 0 Å². The molecule has 0 bridgehead atoms. The van der Waals surface area contributed by atoms with Crippen LogP contribution in [0.3, 0.4) is 0 Å². The number of hydrogen-bond donors (Lipinski definition) is 1. The smallest absolute Gasteiger partial charge is 0.147 e. The van der Waals surface area contributed by atoms with Crippen LogP contribution >= 0.6 is 11.6 Å². The number of nitrogens with one attached hydrogen (secondary N) is 1. The third kappa shape index (κ3) is 2.34. The molecule has 3 heterocycles. The molecule has 0 radical (unpaired) electrons. The van der Waals surface area contributed by atoms with Crippen molar-refractivity contribution < 1.29 is 0 Å². The Balaban J connectivity index is 1.68. The lowest BCUT2D eigenvalue weighted by Crippen LogP contribution is -2.45. The Bertz CT molecular complexity index is 405.